The van der Waals surface area contributed by atoms with Crippen molar-refractivity contribution in [2.75, 3.05) is 31.8 Å². The van der Waals surface area contributed by atoms with Gasteiger partial charge in [0.25, 0.3) is 0 Å². The third-order valence-electron chi connectivity index (χ3n) is 4.03. The summed E-state index contributed by atoms with van der Waals surface area (Å²) in [5.41, 5.74) is 0.765. The highest BCUT2D eigenvalue weighted by Gasteiger charge is 2.32. The van der Waals surface area contributed by atoms with Gasteiger partial charge in [-0.25, -0.2) is 0 Å². The molecule has 1 aliphatic rings. The van der Waals surface area contributed by atoms with Crippen molar-refractivity contribution in [3.8, 4) is 5.75 Å². The average Bonchev–Trinajstić information content (AvgIpc) is 2.97. The van der Waals surface area contributed by atoms with E-state index in [4.69, 9.17) is 4.74 Å². The fourth-order valence-corrected chi connectivity index (χ4v) is 3.73. The molecule has 1 saturated carbocycles. The Balaban J connectivity index is 1.76. The maximum absolute atomic E-state index is 12.0. The number of hydrogen-bond donors (Lipinski definition) is 2. The molecule has 4 nitrogen and oxygen atoms in total. The summed E-state index contributed by atoms with van der Waals surface area (Å²) in [6, 6.07) is 7.40. The van der Waals surface area contributed by atoms with Gasteiger partial charge in [0.2, 0.25) is 5.91 Å². The maximum atomic E-state index is 12.0. The number of thioether (sulfide) groups is 1. The predicted molar refractivity (Wildman–Crippen MR) is 89.2 cm³/mol. The number of methoxy groups -OCH3 is 1. The van der Waals surface area contributed by atoms with E-state index in [1.54, 1.807) is 7.11 Å². The van der Waals surface area contributed by atoms with Crippen LogP contribution in [0.1, 0.15) is 25.7 Å². The zero-order valence-corrected chi connectivity index (χ0v) is 13.6. The fraction of sp³-hybridized carbons (Fsp3) is 0.562. The monoisotopic (exact) mass is 308 g/mol. The largest absolute Gasteiger partial charge is 0.497 e. The third-order valence-corrected chi connectivity index (χ3v) is 5.45. The number of carbonyl (C=O) groups excluding carboxylic acids is 1. The first-order valence-corrected chi connectivity index (χ1v) is 8.60. The zero-order chi connectivity index (χ0) is 15.1. The first-order chi connectivity index (χ1) is 10.2. The molecule has 0 atom stereocenters. The van der Waals surface area contributed by atoms with Crippen molar-refractivity contribution in [1.29, 1.82) is 0 Å². The summed E-state index contributed by atoms with van der Waals surface area (Å²) in [6.07, 6.45) is 7.28. The summed E-state index contributed by atoms with van der Waals surface area (Å²) >= 11 is 1.93. The number of ether oxygens (including phenoxy) is 1. The van der Waals surface area contributed by atoms with E-state index in [1.807, 2.05) is 36.0 Å². The summed E-state index contributed by atoms with van der Waals surface area (Å²) in [6.45, 7) is 1.25. The molecule has 0 radical (unpaired) electrons. The molecule has 2 rings (SSSR count). The quantitative estimate of drug-likeness (QED) is 0.813. The second kappa shape index (κ2) is 7.71. The summed E-state index contributed by atoms with van der Waals surface area (Å²) in [5.74, 6) is 0.727. The normalized spacial score (nSPS) is 16.7. The molecule has 0 heterocycles. The number of rotatable bonds is 7. The Bertz CT molecular complexity index is 473. The maximum Gasteiger partial charge on any atom is 0.238 e. The molecular weight excluding hydrogens is 284 g/mol. The van der Waals surface area contributed by atoms with Crippen LogP contribution < -0.4 is 15.4 Å². The van der Waals surface area contributed by atoms with Gasteiger partial charge in [0.05, 0.1) is 13.7 Å². The first kappa shape index (κ1) is 16.2. The van der Waals surface area contributed by atoms with Crippen LogP contribution in [0.2, 0.25) is 0 Å². The molecule has 116 valence electrons. The molecular formula is C16H24N2O2S. The van der Waals surface area contributed by atoms with Crippen molar-refractivity contribution in [1.82, 2.24) is 5.32 Å². The number of carbonyl (C=O) groups is 1. The van der Waals surface area contributed by atoms with Crippen molar-refractivity contribution in [2.24, 2.45) is 0 Å². The van der Waals surface area contributed by atoms with E-state index in [1.165, 1.54) is 25.7 Å². The van der Waals surface area contributed by atoms with E-state index in [0.29, 0.717) is 11.3 Å². The Kier molecular flexibility index (Phi) is 5.94. The van der Waals surface area contributed by atoms with Crippen LogP contribution in [0.3, 0.4) is 0 Å². The highest BCUT2D eigenvalue weighted by Crippen LogP contribution is 2.39. The number of benzene rings is 1. The Morgan fingerprint density at radius 2 is 2.14 bits per heavy atom. The standard InChI is InChI=1S/C16H24N2O2S/c1-20-14-7-5-6-13(10-14)18-15(19)11-17-12-16(21-2)8-3-4-9-16/h5-7,10,17H,3-4,8-9,11-12H2,1-2H3,(H,18,19). The van der Waals surface area contributed by atoms with Crippen LogP contribution in [0, 0.1) is 0 Å². The first-order valence-electron chi connectivity index (χ1n) is 7.37. The number of hydrogen-bond acceptors (Lipinski definition) is 4. The second-order valence-corrected chi connectivity index (χ2v) is 6.75. The molecule has 0 aliphatic heterocycles. The van der Waals surface area contributed by atoms with Crippen molar-refractivity contribution >= 4 is 23.4 Å². The Morgan fingerprint density at radius 3 is 2.81 bits per heavy atom. The van der Waals surface area contributed by atoms with Gasteiger partial charge in [0.1, 0.15) is 5.75 Å². The van der Waals surface area contributed by atoms with Crippen LogP contribution in [-0.4, -0.2) is 37.1 Å². The minimum absolute atomic E-state index is 0.0162. The van der Waals surface area contributed by atoms with Gasteiger partial charge in [0, 0.05) is 23.0 Å². The topological polar surface area (TPSA) is 50.4 Å². The molecule has 0 aromatic heterocycles. The van der Waals surface area contributed by atoms with Crippen molar-refractivity contribution in [3.05, 3.63) is 24.3 Å². The lowest BCUT2D eigenvalue weighted by Crippen LogP contribution is -2.39. The van der Waals surface area contributed by atoms with Crippen LogP contribution in [0.25, 0.3) is 0 Å². The average molecular weight is 308 g/mol. The minimum atomic E-state index is -0.0162. The predicted octanol–water partition coefficient (Wildman–Crippen LogP) is 2.90. The Labute approximate surface area is 131 Å². The molecule has 1 aliphatic carbocycles. The van der Waals surface area contributed by atoms with Crippen LogP contribution in [0.4, 0.5) is 5.69 Å². The van der Waals surface area contributed by atoms with Crippen molar-refractivity contribution in [3.63, 3.8) is 0 Å². The molecule has 2 N–H and O–H groups in total. The molecule has 0 bridgehead atoms. The van der Waals surface area contributed by atoms with Gasteiger partial charge in [0.15, 0.2) is 0 Å². The molecule has 1 aromatic carbocycles. The summed E-state index contributed by atoms with van der Waals surface area (Å²) < 4.78 is 5.47. The lowest BCUT2D eigenvalue weighted by atomic mass is 10.1. The summed E-state index contributed by atoms with van der Waals surface area (Å²) in [7, 11) is 1.62. The van der Waals surface area contributed by atoms with Gasteiger partial charge in [-0.2, -0.15) is 11.8 Å². The fourth-order valence-electron chi connectivity index (χ4n) is 2.78. The van der Waals surface area contributed by atoms with Crippen molar-refractivity contribution < 1.29 is 9.53 Å². The van der Waals surface area contributed by atoms with E-state index < -0.39 is 0 Å². The number of anilines is 1. The molecule has 21 heavy (non-hydrogen) atoms. The van der Waals surface area contributed by atoms with E-state index >= 15 is 0 Å². The van der Waals surface area contributed by atoms with Crippen LogP contribution in [0.5, 0.6) is 5.75 Å². The van der Waals surface area contributed by atoms with E-state index in [2.05, 4.69) is 16.9 Å². The van der Waals surface area contributed by atoms with Crippen LogP contribution >= 0.6 is 11.8 Å². The minimum Gasteiger partial charge on any atom is -0.497 e. The van der Waals surface area contributed by atoms with Gasteiger partial charge in [-0.1, -0.05) is 18.9 Å². The Morgan fingerprint density at radius 1 is 1.38 bits per heavy atom. The highest BCUT2D eigenvalue weighted by molar-refractivity contribution is 8.00. The zero-order valence-electron chi connectivity index (χ0n) is 12.8. The van der Waals surface area contributed by atoms with Crippen LogP contribution in [0.15, 0.2) is 24.3 Å². The SMILES string of the molecule is COc1cccc(NC(=O)CNCC2(SC)CCCC2)c1. The van der Waals surface area contributed by atoms with Gasteiger partial charge in [-0.3, -0.25) is 4.79 Å². The highest BCUT2D eigenvalue weighted by atomic mass is 32.2. The molecule has 1 fully saturated rings. The summed E-state index contributed by atoms with van der Waals surface area (Å²) in [4.78, 5) is 12.0. The van der Waals surface area contributed by atoms with Gasteiger partial charge in [-0.05, 0) is 31.2 Å². The molecule has 0 spiro atoms. The lowest BCUT2D eigenvalue weighted by molar-refractivity contribution is -0.115. The number of nitrogens with one attached hydrogen (secondary N) is 2. The molecule has 0 saturated heterocycles. The molecule has 1 amide bonds. The van der Waals surface area contributed by atoms with E-state index in [-0.39, 0.29) is 5.91 Å². The smallest absolute Gasteiger partial charge is 0.238 e. The van der Waals surface area contributed by atoms with E-state index in [9.17, 15) is 4.79 Å². The van der Waals surface area contributed by atoms with Gasteiger partial charge in [-0.15, -0.1) is 0 Å². The van der Waals surface area contributed by atoms with Crippen LogP contribution in [-0.2, 0) is 4.79 Å². The van der Waals surface area contributed by atoms with Gasteiger partial charge >= 0.3 is 0 Å². The van der Waals surface area contributed by atoms with E-state index in [0.717, 1.165) is 18.0 Å². The molecule has 1 aromatic rings. The lowest BCUT2D eigenvalue weighted by Gasteiger charge is -2.26. The summed E-state index contributed by atoms with van der Waals surface area (Å²) in [5, 5.41) is 6.19. The third kappa shape index (κ3) is 4.64. The Hall–Kier alpha value is -1.20. The number of amides is 1. The molecule has 5 heteroatoms. The molecule has 0 unspecified atom stereocenters. The van der Waals surface area contributed by atoms with Gasteiger partial charge < -0.3 is 15.4 Å². The van der Waals surface area contributed by atoms with Crippen molar-refractivity contribution in [2.45, 2.75) is 30.4 Å². The second-order valence-electron chi connectivity index (χ2n) is 5.48.